The first kappa shape index (κ1) is 23.4. The van der Waals surface area contributed by atoms with E-state index in [1.807, 2.05) is 12.1 Å². The van der Waals surface area contributed by atoms with E-state index in [1.54, 1.807) is 12.1 Å². The topological polar surface area (TPSA) is 41.5 Å². The number of aliphatic hydroxyl groups is 1. The van der Waals surface area contributed by atoms with Crippen molar-refractivity contribution in [3.63, 3.8) is 0 Å². The Hall–Kier alpha value is -2.24. The van der Waals surface area contributed by atoms with Crippen molar-refractivity contribution in [1.82, 2.24) is 5.32 Å². The summed E-state index contributed by atoms with van der Waals surface area (Å²) in [5.74, 6) is -0.0878. The van der Waals surface area contributed by atoms with Crippen LogP contribution in [0.5, 0.6) is 0 Å². The minimum absolute atomic E-state index is 0. The smallest absolute Gasteiger partial charge is 0.123 e. The van der Waals surface area contributed by atoms with Gasteiger partial charge in [-0.05, 0) is 41.7 Å². The fourth-order valence-corrected chi connectivity index (χ4v) is 4.22. The molecule has 0 aliphatic carbocycles. The van der Waals surface area contributed by atoms with E-state index in [9.17, 15) is 9.50 Å². The van der Waals surface area contributed by atoms with Gasteiger partial charge in [0, 0.05) is 18.5 Å². The minimum atomic E-state index is -0.662. The molecule has 0 spiro atoms. The van der Waals surface area contributed by atoms with Gasteiger partial charge in [0.05, 0.1) is 18.8 Å². The van der Waals surface area contributed by atoms with Crippen molar-refractivity contribution in [2.75, 3.05) is 13.2 Å². The molecule has 0 aromatic heterocycles. The van der Waals surface area contributed by atoms with Crippen LogP contribution in [-0.2, 0) is 4.74 Å². The Morgan fingerprint density at radius 3 is 1.94 bits per heavy atom. The molecule has 1 aliphatic heterocycles. The number of hydrogen-bond donors (Lipinski definition) is 2. The van der Waals surface area contributed by atoms with Crippen molar-refractivity contribution >= 4 is 12.4 Å². The van der Waals surface area contributed by atoms with Crippen molar-refractivity contribution < 1.29 is 14.2 Å². The van der Waals surface area contributed by atoms with Gasteiger partial charge in [0.2, 0.25) is 0 Å². The third kappa shape index (κ3) is 6.14. The molecule has 3 atom stereocenters. The molecule has 0 radical (unpaired) electrons. The zero-order chi connectivity index (χ0) is 20.8. The molecule has 2 N–H and O–H groups in total. The van der Waals surface area contributed by atoms with Gasteiger partial charge in [0.1, 0.15) is 5.82 Å². The number of nitrogens with one attached hydrogen (secondary N) is 1. The van der Waals surface area contributed by atoms with Crippen LogP contribution in [-0.4, -0.2) is 30.4 Å². The predicted octanol–water partition coefficient (Wildman–Crippen LogP) is 5.25. The largest absolute Gasteiger partial charge is 0.387 e. The zero-order valence-electron chi connectivity index (χ0n) is 17.4. The van der Waals surface area contributed by atoms with Gasteiger partial charge < -0.3 is 15.2 Å². The average Bonchev–Trinajstić information content (AvgIpc) is 2.80. The zero-order valence-corrected chi connectivity index (χ0v) is 18.2. The second-order valence-electron chi connectivity index (χ2n) is 7.92. The van der Waals surface area contributed by atoms with Crippen LogP contribution in [0.4, 0.5) is 4.39 Å². The Morgan fingerprint density at radius 1 is 0.839 bits per heavy atom. The van der Waals surface area contributed by atoms with Crippen molar-refractivity contribution in [2.24, 2.45) is 0 Å². The third-order valence-electron chi connectivity index (χ3n) is 5.85. The molecular formula is C26H29ClFNO2. The lowest BCUT2D eigenvalue weighted by atomic mass is 9.83. The van der Waals surface area contributed by atoms with Crippen LogP contribution in [0.2, 0.25) is 0 Å². The van der Waals surface area contributed by atoms with Crippen molar-refractivity contribution in [3.8, 4) is 0 Å². The standard InChI is InChI=1S/C26H28FNO2.ClH/c27-22-13-11-19(12-14-22)24(29)17-28-23-15-16-25(30-18-23)26(20-7-3-1-4-8-20)21-9-5-2-6-10-21;/h1-14,23-26,28-29H,15-18H2;1H/t23-,24+,25-;/m0./s1. The number of halogens is 2. The number of rotatable bonds is 7. The van der Waals surface area contributed by atoms with Crippen LogP contribution in [0.1, 0.15) is 41.6 Å². The second-order valence-corrected chi connectivity index (χ2v) is 7.92. The van der Waals surface area contributed by atoms with Gasteiger partial charge in [-0.15, -0.1) is 12.4 Å². The Bertz CT molecular complexity index is 860. The van der Waals surface area contributed by atoms with Gasteiger partial charge >= 0.3 is 0 Å². The highest BCUT2D eigenvalue weighted by Gasteiger charge is 2.30. The summed E-state index contributed by atoms with van der Waals surface area (Å²) in [6.07, 6.45) is 1.38. The van der Waals surface area contributed by atoms with Crippen molar-refractivity contribution in [2.45, 2.75) is 37.0 Å². The molecule has 0 unspecified atom stereocenters. The van der Waals surface area contributed by atoms with Crippen LogP contribution in [0.25, 0.3) is 0 Å². The van der Waals surface area contributed by atoms with E-state index < -0.39 is 6.10 Å². The van der Waals surface area contributed by atoms with E-state index in [2.05, 4.69) is 53.8 Å². The fraction of sp³-hybridized carbons (Fsp3) is 0.308. The summed E-state index contributed by atoms with van der Waals surface area (Å²) < 4.78 is 19.4. The lowest BCUT2D eigenvalue weighted by Gasteiger charge is -2.35. The molecule has 164 valence electrons. The number of ether oxygens (including phenoxy) is 1. The molecule has 0 saturated carbocycles. The summed E-state index contributed by atoms with van der Waals surface area (Å²) in [6, 6.07) is 27.3. The highest BCUT2D eigenvalue weighted by atomic mass is 35.5. The number of hydrogen-bond acceptors (Lipinski definition) is 3. The van der Waals surface area contributed by atoms with Crippen molar-refractivity contribution in [1.29, 1.82) is 0 Å². The van der Waals surface area contributed by atoms with E-state index in [-0.39, 0.29) is 36.3 Å². The fourth-order valence-electron chi connectivity index (χ4n) is 4.22. The van der Waals surface area contributed by atoms with Gasteiger partial charge in [-0.3, -0.25) is 0 Å². The molecule has 1 saturated heterocycles. The summed E-state index contributed by atoms with van der Waals surface area (Å²) in [6.45, 7) is 1.03. The molecule has 3 aromatic rings. The van der Waals surface area contributed by atoms with E-state index in [4.69, 9.17) is 4.74 Å². The number of benzene rings is 3. The molecule has 1 fully saturated rings. The summed E-state index contributed by atoms with van der Waals surface area (Å²) in [4.78, 5) is 0. The maximum absolute atomic E-state index is 13.1. The van der Waals surface area contributed by atoms with Gasteiger partial charge in [0.15, 0.2) is 0 Å². The SMILES string of the molecule is Cl.O[C@H](CN[C@H]1CC[C@@H](C(c2ccccc2)c2ccccc2)OC1)c1ccc(F)cc1. The Balaban J connectivity index is 0.00000272. The molecule has 3 nitrogen and oxygen atoms in total. The lowest BCUT2D eigenvalue weighted by Crippen LogP contribution is -2.43. The summed E-state index contributed by atoms with van der Waals surface area (Å²) in [5, 5.41) is 13.8. The van der Waals surface area contributed by atoms with E-state index >= 15 is 0 Å². The van der Waals surface area contributed by atoms with Gasteiger partial charge in [0.25, 0.3) is 0 Å². The Kier molecular flexibility index (Phi) is 8.61. The molecule has 3 aromatic carbocycles. The highest BCUT2D eigenvalue weighted by Crippen LogP contribution is 2.34. The first-order valence-electron chi connectivity index (χ1n) is 10.6. The van der Waals surface area contributed by atoms with Crippen LogP contribution in [0.15, 0.2) is 84.9 Å². The second kappa shape index (κ2) is 11.4. The van der Waals surface area contributed by atoms with Crippen LogP contribution >= 0.6 is 12.4 Å². The van der Waals surface area contributed by atoms with E-state index in [0.717, 1.165) is 12.8 Å². The van der Waals surface area contributed by atoms with Gasteiger partial charge in [-0.1, -0.05) is 72.8 Å². The van der Waals surface area contributed by atoms with Crippen LogP contribution in [0, 0.1) is 5.82 Å². The molecule has 4 rings (SSSR count). The Morgan fingerprint density at radius 2 is 1.42 bits per heavy atom. The molecule has 1 heterocycles. The first-order chi connectivity index (χ1) is 14.7. The molecule has 31 heavy (non-hydrogen) atoms. The minimum Gasteiger partial charge on any atom is -0.387 e. The summed E-state index contributed by atoms with van der Waals surface area (Å²) >= 11 is 0. The quantitative estimate of drug-likeness (QED) is 0.526. The predicted molar refractivity (Wildman–Crippen MR) is 124 cm³/mol. The monoisotopic (exact) mass is 441 g/mol. The summed E-state index contributed by atoms with van der Waals surface area (Å²) in [7, 11) is 0. The maximum Gasteiger partial charge on any atom is 0.123 e. The van der Waals surface area contributed by atoms with Crippen LogP contribution in [0.3, 0.4) is 0 Å². The van der Waals surface area contributed by atoms with E-state index in [1.165, 1.54) is 23.3 Å². The first-order valence-corrected chi connectivity index (χ1v) is 10.6. The van der Waals surface area contributed by atoms with Crippen molar-refractivity contribution in [3.05, 3.63) is 107 Å². The van der Waals surface area contributed by atoms with Gasteiger partial charge in [-0.25, -0.2) is 4.39 Å². The lowest BCUT2D eigenvalue weighted by molar-refractivity contribution is -0.0134. The molecule has 0 bridgehead atoms. The molecule has 5 heteroatoms. The molecule has 1 aliphatic rings. The maximum atomic E-state index is 13.1. The van der Waals surface area contributed by atoms with Gasteiger partial charge in [-0.2, -0.15) is 0 Å². The Labute approximate surface area is 189 Å². The van der Waals surface area contributed by atoms with E-state index in [0.29, 0.717) is 18.7 Å². The molecule has 0 amide bonds. The summed E-state index contributed by atoms with van der Waals surface area (Å²) in [5.41, 5.74) is 3.26. The van der Waals surface area contributed by atoms with Crippen LogP contribution < -0.4 is 5.32 Å². The average molecular weight is 442 g/mol. The number of aliphatic hydroxyl groups excluding tert-OH is 1. The normalized spacial score (nSPS) is 19.6. The third-order valence-corrected chi connectivity index (χ3v) is 5.85. The molecular weight excluding hydrogens is 413 g/mol. The highest BCUT2D eigenvalue weighted by molar-refractivity contribution is 5.85.